The van der Waals surface area contributed by atoms with Gasteiger partial charge in [0.15, 0.2) is 0 Å². The van der Waals surface area contributed by atoms with Crippen LogP contribution in [0.25, 0.3) is 0 Å². The maximum Gasteiger partial charge on any atom is 0.142 e. The van der Waals surface area contributed by atoms with Gasteiger partial charge in [-0.25, -0.2) is 0 Å². The first-order chi connectivity index (χ1) is 9.62. The van der Waals surface area contributed by atoms with Gasteiger partial charge < -0.3 is 19.7 Å². The van der Waals surface area contributed by atoms with E-state index in [0.717, 1.165) is 30.2 Å². The Kier molecular flexibility index (Phi) is 4.76. The van der Waals surface area contributed by atoms with Crippen molar-refractivity contribution in [1.29, 1.82) is 0 Å². The first-order valence-electron chi connectivity index (χ1n) is 7.28. The van der Waals surface area contributed by atoms with Gasteiger partial charge >= 0.3 is 0 Å². The summed E-state index contributed by atoms with van der Waals surface area (Å²) < 4.78 is 10.9. The van der Waals surface area contributed by atoms with Crippen LogP contribution in [0, 0.1) is 5.92 Å². The predicted molar refractivity (Wildman–Crippen MR) is 83.0 cm³/mol. The molecule has 1 aliphatic heterocycles. The molecule has 1 fully saturated rings. The molecule has 1 aromatic carbocycles. The molecule has 20 heavy (non-hydrogen) atoms. The fourth-order valence-electron chi connectivity index (χ4n) is 3.13. The lowest BCUT2D eigenvalue weighted by Crippen LogP contribution is -2.52. The quantitative estimate of drug-likeness (QED) is 0.917. The van der Waals surface area contributed by atoms with Crippen molar-refractivity contribution in [2.75, 3.05) is 32.7 Å². The van der Waals surface area contributed by atoms with Crippen LogP contribution >= 0.6 is 0 Å². The smallest absolute Gasteiger partial charge is 0.142 e. The molecule has 0 saturated carbocycles. The van der Waals surface area contributed by atoms with Crippen molar-refractivity contribution in [3.8, 4) is 11.5 Å². The summed E-state index contributed by atoms with van der Waals surface area (Å²) >= 11 is 0. The van der Waals surface area contributed by atoms with E-state index in [1.807, 2.05) is 12.1 Å². The second-order valence-corrected chi connectivity index (χ2v) is 5.51. The van der Waals surface area contributed by atoms with E-state index in [9.17, 15) is 0 Å². The normalized spacial score (nSPS) is 26.4. The van der Waals surface area contributed by atoms with Gasteiger partial charge in [-0.1, -0.05) is 6.92 Å². The summed E-state index contributed by atoms with van der Waals surface area (Å²) in [6.07, 6.45) is 1.14. The highest BCUT2D eigenvalue weighted by Crippen LogP contribution is 2.37. The van der Waals surface area contributed by atoms with E-state index in [4.69, 9.17) is 9.47 Å². The molecule has 1 N–H and O–H groups in total. The predicted octanol–water partition coefficient (Wildman–Crippen LogP) is 2.53. The fraction of sp³-hybridized carbons (Fsp3) is 0.625. The number of nitrogens with one attached hydrogen (secondary N) is 1. The molecule has 0 amide bonds. The van der Waals surface area contributed by atoms with Crippen LogP contribution in [-0.4, -0.2) is 39.9 Å². The maximum atomic E-state index is 5.52. The molecule has 4 nitrogen and oxygen atoms in total. The number of nitrogens with zero attached hydrogens (tertiary/aromatic N) is 1. The zero-order chi connectivity index (χ0) is 14.7. The summed E-state index contributed by atoms with van der Waals surface area (Å²) in [6.45, 7) is 5.62. The van der Waals surface area contributed by atoms with Crippen molar-refractivity contribution in [1.82, 2.24) is 5.32 Å². The van der Waals surface area contributed by atoms with Crippen LogP contribution in [0.1, 0.15) is 20.3 Å². The zero-order valence-electron chi connectivity index (χ0n) is 13.1. The van der Waals surface area contributed by atoms with Crippen LogP contribution < -0.4 is 19.7 Å². The van der Waals surface area contributed by atoms with E-state index in [0.29, 0.717) is 18.0 Å². The second kappa shape index (κ2) is 6.35. The molecule has 0 aliphatic carbocycles. The highest BCUT2D eigenvalue weighted by molar-refractivity contribution is 5.62. The lowest BCUT2D eigenvalue weighted by molar-refractivity contribution is 0.280. The number of rotatable bonds is 4. The summed E-state index contributed by atoms with van der Waals surface area (Å²) in [5, 5.41) is 3.42. The first-order valence-corrected chi connectivity index (χ1v) is 7.28. The Bertz CT molecular complexity index is 450. The summed E-state index contributed by atoms with van der Waals surface area (Å²) in [5.74, 6) is 2.37. The molecule has 1 heterocycles. The van der Waals surface area contributed by atoms with Crippen LogP contribution in [0.4, 0.5) is 5.69 Å². The minimum absolute atomic E-state index is 0.460. The number of piperidine rings is 1. The third kappa shape index (κ3) is 2.70. The molecular formula is C16H26N2O2. The summed E-state index contributed by atoms with van der Waals surface area (Å²) in [6, 6.07) is 7.04. The fourth-order valence-corrected chi connectivity index (χ4v) is 3.13. The van der Waals surface area contributed by atoms with Crippen molar-refractivity contribution in [2.24, 2.45) is 5.92 Å². The minimum atomic E-state index is 0.460. The Morgan fingerprint density at radius 1 is 1.20 bits per heavy atom. The molecule has 1 aliphatic rings. The molecule has 4 heteroatoms. The number of hydrogen-bond donors (Lipinski definition) is 1. The van der Waals surface area contributed by atoms with Crippen LogP contribution in [-0.2, 0) is 0 Å². The molecule has 0 bridgehead atoms. The zero-order valence-corrected chi connectivity index (χ0v) is 13.1. The number of hydrogen-bond acceptors (Lipinski definition) is 4. The van der Waals surface area contributed by atoms with E-state index < -0.39 is 0 Å². The minimum Gasteiger partial charge on any atom is -0.497 e. The van der Waals surface area contributed by atoms with Gasteiger partial charge in [0.1, 0.15) is 11.5 Å². The Hall–Kier alpha value is -1.42. The Morgan fingerprint density at radius 2 is 1.95 bits per heavy atom. The van der Waals surface area contributed by atoms with Gasteiger partial charge in [0.2, 0.25) is 0 Å². The lowest BCUT2D eigenvalue weighted by Gasteiger charge is -2.44. The number of anilines is 1. The lowest BCUT2D eigenvalue weighted by atomic mass is 9.86. The van der Waals surface area contributed by atoms with Gasteiger partial charge in [0.25, 0.3) is 0 Å². The Morgan fingerprint density at radius 3 is 2.55 bits per heavy atom. The Labute approximate surface area is 122 Å². The monoisotopic (exact) mass is 278 g/mol. The van der Waals surface area contributed by atoms with E-state index >= 15 is 0 Å². The summed E-state index contributed by atoms with van der Waals surface area (Å²) in [5.41, 5.74) is 1.13. The van der Waals surface area contributed by atoms with Gasteiger partial charge in [-0.05, 0) is 38.4 Å². The second-order valence-electron chi connectivity index (χ2n) is 5.51. The van der Waals surface area contributed by atoms with Crippen molar-refractivity contribution in [3.63, 3.8) is 0 Å². The molecular weight excluding hydrogens is 252 g/mol. The van der Waals surface area contributed by atoms with Crippen LogP contribution in [0.3, 0.4) is 0 Å². The molecule has 112 valence electrons. The van der Waals surface area contributed by atoms with E-state index in [-0.39, 0.29) is 0 Å². The molecule has 1 aromatic rings. The molecule has 3 unspecified atom stereocenters. The standard InChI is InChI=1S/C16H26N2O2/c1-11-12(2)18(9-8-14(11)17-3)15-10-13(19-4)6-7-16(15)20-5/h6-7,10-12,14,17H,8-9H2,1-5H3. The van der Waals surface area contributed by atoms with Gasteiger partial charge in [-0.2, -0.15) is 0 Å². The van der Waals surface area contributed by atoms with Gasteiger partial charge in [0.05, 0.1) is 19.9 Å². The largest absolute Gasteiger partial charge is 0.497 e. The molecule has 0 spiro atoms. The van der Waals surface area contributed by atoms with E-state index in [2.05, 4.69) is 37.2 Å². The van der Waals surface area contributed by atoms with Crippen molar-refractivity contribution >= 4 is 5.69 Å². The van der Waals surface area contributed by atoms with Gasteiger partial charge in [-0.15, -0.1) is 0 Å². The first kappa shape index (κ1) is 15.0. The van der Waals surface area contributed by atoms with Crippen LogP contribution in [0.15, 0.2) is 18.2 Å². The van der Waals surface area contributed by atoms with Gasteiger partial charge in [0, 0.05) is 24.7 Å². The third-order valence-corrected chi connectivity index (χ3v) is 4.63. The van der Waals surface area contributed by atoms with Crippen LogP contribution in [0.2, 0.25) is 0 Å². The average molecular weight is 278 g/mol. The highest BCUT2D eigenvalue weighted by atomic mass is 16.5. The third-order valence-electron chi connectivity index (χ3n) is 4.63. The molecule has 0 radical (unpaired) electrons. The topological polar surface area (TPSA) is 33.7 Å². The molecule has 3 atom stereocenters. The number of ether oxygens (including phenoxy) is 2. The molecule has 1 saturated heterocycles. The SMILES string of the molecule is CNC1CCN(c2cc(OC)ccc2OC)C(C)C1C. The van der Waals surface area contributed by atoms with E-state index in [1.165, 1.54) is 0 Å². The maximum absolute atomic E-state index is 5.52. The summed E-state index contributed by atoms with van der Waals surface area (Å²) in [7, 11) is 5.47. The molecule has 0 aromatic heterocycles. The van der Waals surface area contributed by atoms with Crippen molar-refractivity contribution in [2.45, 2.75) is 32.4 Å². The summed E-state index contributed by atoms with van der Waals surface area (Å²) in [4.78, 5) is 2.43. The number of methoxy groups -OCH3 is 2. The van der Waals surface area contributed by atoms with E-state index in [1.54, 1.807) is 14.2 Å². The van der Waals surface area contributed by atoms with Crippen molar-refractivity contribution in [3.05, 3.63) is 18.2 Å². The molecule has 2 rings (SSSR count). The Balaban J connectivity index is 2.31. The van der Waals surface area contributed by atoms with Crippen LogP contribution in [0.5, 0.6) is 11.5 Å². The number of benzene rings is 1. The average Bonchev–Trinajstić information content (AvgIpc) is 2.49. The van der Waals surface area contributed by atoms with Crippen molar-refractivity contribution < 1.29 is 9.47 Å². The highest BCUT2D eigenvalue weighted by Gasteiger charge is 2.32. The van der Waals surface area contributed by atoms with Gasteiger partial charge in [-0.3, -0.25) is 0 Å².